The molecular weight excluding hydrogens is 470 g/mol. The summed E-state index contributed by atoms with van der Waals surface area (Å²) in [5, 5.41) is 4.19. The Bertz CT molecular complexity index is 1390. The van der Waals surface area contributed by atoms with Crippen molar-refractivity contribution >= 4 is 23.3 Å². The molecule has 0 unspecified atom stereocenters. The van der Waals surface area contributed by atoms with Gasteiger partial charge in [-0.3, -0.25) is 9.97 Å². The molecule has 0 amide bonds. The normalized spacial score (nSPS) is 17.2. The maximum Gasteiger partial charge on any atom is 0.337 e. The van der Waals surface area contributed by atoms with Gasteiger partial charge >= 0.3 is 5.97 Å². The lowest BCUT2D eigenvalue weighted by Crippen LogP contribution is -2.29. The van der Waals surface area contributed by atoms with Gasteiger partial charge in [-0.2, -0.15) is 0 Å². The number of ether oxygens (including phenoxy) is 1. The molecule has 5 rings (SSSR count). The fraction of sp³-hybridized carbons (Fsp3) is 0.214. The van der Waals surface area contributed by atoms with Crippen LogP contribution >= 0.6 is 12.2 Å². The van der Waals surface area contributed by atoms with Crippen LogP contribution in [0.25, 0.3) is 5.69 Å². The van der Waals surface area contributed by atoms with Gasteiger partial charge in [0.15, 0.2) is 5.11 Å². The molecule has 4 aromatic rings. The Labute approximate surface area is 215 Å². The van der Waals surface area contributed by atoms with E-state index < -0.39 is 0 Å². The Morgan fingerprint density at radius 2 is 1.75 bits per heavy atom. The molecule has 3 aromatic heterocycles. The third-order valence-electron chi connectivity index (χ3n) is 6.59. The van der Waals surface area contributed by atoms with Crippen molar-refractivity contribution < 1.29 is 9.53 Å². The van der Waals surface area contributed by atoms with Gasteiger partial charge in [0, 0.05) is 29.5 Å². The number of esters is 1. The number of hydrogen-bond donors (Lipinski definition) is 1. The molecule has 0 bridgehead atoms. The number of rotatable bonds is 6. The van der Waals surface area contributed by atoms with Gasteiger partial charge in [0.2, 0.25) is 0 Å². The Morgan fingerprint density at radius 3 is 2.39 bits per heavy atom. The summed E-state index contributed by atoms with van der Waals surface area (Å²) in [5.74, 6) is -0.350. The number of carbonyl (C=O) groups excluding carboxylic acids is 1. The summed E-state index contributed by atoms with van der Waals surface area (Å²) >= 11 is 5.83. The van der Waals surface area contributed by atoms with E-state index in [-0.39, 0.29) is 18.1 Å². The molecule has 36 heavy (non-hydrogen) atoms. The monoisotopic (exact) mass is 497 g/mol. The topological polar surface area (TPSA) is 72.3 Å². The van der Waals surface area contributed by atoms with E-state index in [1.807, 2.05) is 54.7 Å². The van der Waals surface area contributed by atoms with Gasteiger partial charge < -0.3 is 19.5 Å². The number of nitrogens with zero attached hydrogens (tertiary/aromatic N) is 4. The van der Waals surface area contributed by atoms with Crippen LogP contribution in [0, 0.1) is 13.8 Å². The molecule has 2 atom stereocenters. The van der Waals surface area contributed by atoms with Crippen molar-refractivity contribution in [3.63, 3.8) is 0 Å². The van der Waals surface area contributed by atoms with Crippen molar-refractivity contribution in [1.29, 1.82) is 0 Å². The van der Waals surface area contributed by atoms with E-state index in [9.17, 15) is 4.79 Å². The van der Waals surface area contributed by atoms with E-state index in [0.29, 0.717) is 17.2 Å². The highest BCUT2D eigenvalue weighted by atomic mass is 32.1. The molecule has 0 saturated carbocycles. The molecule has 1 aliphatic heterocycles. The third kappa shape index (κ3) is 4.35. The zero-order valence-corrected chi connectivity index (χ0v) is 21.2. The molecule has 0 spiro atoms. The minimum Gasteiger partial charge on any atom is -0.465 e. The highest BCUT2D eigenvalue weighted by molar-refractivity contribution is 7.80. The van der Waals surface area contributed by atoms with Crippen molar-refractivity contribution in [2.75, 3.05) is 7.11 Å². The smallest absolute Gasteiger partial charge is 0.337 e. The maximum atomic E-state index is 11.9. The van der Waals surface area contributed by atoms with E-state index in [1.54, 1.807) is 18.3 Å². The predicted molar refractivity (Wildman–Crippen MR) is 142 cm³/mol. The molecular formula is C28H27N5O2S. The standard InChI is InChI=1S/C28H27N5O2S/c1-18-16-23(19(2)33(18)22-12-10-20(11-13-22)27(34)35-3)26-25(24-9-5-7-15-30-24)31-28(36)32(26)17-21-8-4-6-14-29-21/h4-16,25-26H,17H2,1-3H3,(H,31,36)/t25-,26+/m0/s1. The molecule has 1 aromatic carbocycles. The first-order chi connectivity index (χ1) is 17.5. The van der Waals surface area contributed by atoms with Crippen molar-refractivity contribution in [2.45, 2.75) is 32.5 Å². The van der Waals surface area contributed by atoms with E-state index in [2.05, 4.69) is 44.7 Å². The Hall–Kier alpha value is -4.04. The van der Waals surface area contributed by atoms with E-state index in [4.69, 9.17) is 17.0 Å². The first kappa shape index (κ1) is 23.7. The minimum atomic E-state index is -0.350. The highest BCUT2D eigenvalue weighted by Crippen LogP contribution is 2.42. The number of carbonyl (C=O) groups is 1. The second-order valence-electron chi connectivity index (χ2n) is 8.78. The number of nitrogens with one attached hydrogen (secondary N) is 1. The number of aromatic nitrogens is 3. The van der Waals surface area contributed by atoms with Crippen LogP contribution in [0.2, 0.25) is 0 Å². The van der Waals surface area contributed by atoms with Crippen molar-refractivity contribution in [1.82, 2.24) is 24.8 Å². The lowest BCUT2D eigenvalue weighted by Gasteiger charge is -2.28. The maximum absolute atomic E-state index is 11.9. The van der Waals surface area contributed by atoms with Gasteiger partial charge in [-0.15, -0.1) is 0 Å². The van der Waals surface area contributed by atoms with E-state index in [0.717, 1.165) is 34.0 Å². The molecule has 0 radical (unpaired) electrons. The summed E-state index contributed by atoms with van der Waals surface area (Å²) in [4.78, 5) is 23.3. The van der Waals surface area contributed by atoms with Crippen LogP contribution in [-0.2, 0) is 11.3 Å². The molecule has 4 heterocycles. The molecule has 1 fully saturated rings. The first-order valence-electron chi connectivity index (χ1n) is 11.7. The highest BCUT2D eigenvalue weighted by Gasteiger charge is 2.41. The fourth-order valence-electron chi connectivity index (χ4n) is 4.93. The van der Waals surface area contributed by atoms with Crippen molar-refractivity contribution in [2.24, 2.45) is 0 Å². The zero-order chi connectivity index (χ0) is 25.2. The quantitative estimate of drug-likeness (QED) is 0.302. The van der Waals surface area contributed by atoms with Crippen LogP contribution in [0.3, 0.4) is 0 Å². The lowest BCUT2D eigenvalue weighted by atomic mass is 9.96. The van der Waals surface area contributed by atoms with Gasteiger partial charge in [-0.05, 0) is 86.2 Å². The average Bonchev–Trinajstić information content (AvgIpc) is 3.39. The number of aryl methyl sites for hydroxylation is 1. The van der Waals surface area contributed by atoms with Gasteiger partial charge in [0.1, 0.15) is 0 Å². The van der Waals surface area contributed by atoms with E-state index >= 15 is 0 Å². The van der Waals surface area contributed by atoms with Crippen LogP contribution < -0.4 is 5.32 Å². The summed E-state index contributed by atoms with van der Waals surface area (Å²) in [6.45, 7) is 4.79. The second-order valence-corrected chi connectivity index (χ2v) is 9.16. The molecule has 1 aliphatic rings. The Kier molecular flexibility index (Phi) is 6.52. The predicted octanol–water partition coefficient (Wildman–Crippen LogP) is 4.84. The molecule has 7 nitrogen and oxygen atoms in total. The largest absolute Gasteiger partial charge is 0.465 e. The van der Waals surface area contributed by atoms with Crippen LogP contribution in [0.5, 0.6) is 0 Å². The third-order valence-corrected chi connectivity index (χ3v) is 6.94. The Balaban J connectivity index is 1.58. The summed E-state index contributed by atoms with van der Waals surface area (Å²) in [6, 6.07) is 21.3. The minimum absolute atomic E-state index is 0.0799. The van der Waals surface area contributed by atoms with Crippen LogP contribution in [0.1, 0.15) is 50.8 Å². The number of benzene rings is 1. The molecule has 182 valence electrons. The van der Waals surface area contributed by atoms with Crippen LogP contribution in [-0.4, -0.2) is 37.6 Å². The molecule has 1 N–H and O–H groups in total. The number of thiocarbonyl (C=S) groups is 1. The van der Waals surface area contributed by atoms with Gasteiger partial charge in [0.05, 0.1) is 42.7 Å². The molecule has 1 saturated heterocycles. The summed E-state index contributed by atoms with van der Waals surface area (Å²) in [5.41, 5.74) is 6.71. The summed E-state index contributed by atoms with van der Waals surface area (Å²) in [6.07, 6.45) is 3.61. The van der Waals surface area contributed by atoms with Crippen LogP contribution in [0.4, 0.5) is 0 Å². The number of methoxy groups -OCH3 is 1. The zero-order valence-electron chi connectivity index (χ0n) is 20.4. The van der Waals surface area contributed by atoms with Gasteiger partial charge in [0.25, 0.3) is 0 Å². The molecule has 0 aliphatic carbocycles. The van der Waals surface area contributed by atoms with E-state index in [1.165, 1.54) is 7.11 Å². The second kappa shape index (κ2) is 9.91. The van der Waals surface area contributed by atoms with Gasteiger partial charge in [-0.25, -0.2) is 4.79 Å². The van der Waals surface area contributed by atoms with Crippen molar-refractivity contribution in [3.8, 4) is 5.69 Å². The molecule has 8 heteroatoms. The first-order valence-corrected chi connectivity index (χ1v) is 12.1. The average molecular weight is 498 g/mol. The van der Waals surface area contributed by atoms with Gasteiger partial charge in [-0.1, -0.05) is 12.1 Å². The number of pyridine rings is 2. The summed E-state index contributed by atoms with van der Waals surface area (Å²) < 4.78 is 7.04. The lowest BCUT2D eigenvalue weighted by molar-refractivity contribution is 0.0600. The Morgan fingerprint density at radius 1 is 1.03 bits per heavy atom. The van der Waals surface area contributed by atoms with Crippen molar-refractivity contribution in [3.05, 3.63) is 113 Å². The van der Waals surface area contributed by atoms with Crippen LogP contribution in [0.15, 0.2) is 79.1 Å². The SMILES string of the molecule is COC(=O)c1ccc(-n2c(C)cc([C@@H]3[C@H](c4ccccn4)NC(=S)N3Cc3ccccn3)c2C)cc1. The fourth-order valence-corrected chi connectivity index (χ4v) is 5.23. The summed E-state index contributed by atoms with van der Waals surface area (Å²) in [7, 11) is 1.39. The number of hydrogen-bond acceptors (Lipinski definition) is 5.